The fourth-order valence-electron chi connectivity index (χ4n) is 2.46. The fourth-order valence-corrected chi connectivity index (χ4v) is 2.46. The van der Waals surface area contributed by atoms with Crippen molar-refractivity contribution < 1.29 is 23.8 Å². The van der Waals surface area contributed by atoms with E-state index < -0.39 is 11.8 Å². The van der Waals surface area contributed by atoms with E-state index in [1.807, 2.05) is 26.0 Å². The van der Waals surface area contributed by atoms with E-state index in [1.54, 1.807) is 18.2 Å². The second-order valence-corrected chi connectivity index (χ2v) is 5.21. The molecule has 0 bridgehead atoms. The molecule has 0 saturated carbocycles. The summed E-state index contributed by atoms with van der Waals surface area (Å²) in [6.07, 6.45) is -0.0718. The molecule has 0 aliphatic carbocycles. The summed E-state index contributed by atoms with van der Waals surface area (Å²) < 4.78 is 11.5. The number of hydrogen-bond donors (Lipinski definition) is 1. The summed E-state index contributed by atoms with van der Waals surface area (Å²) in [5.74, 6) is -1.97. The number of ketones is 1. The summed E-state index contributed by atoms with van der Waals surface area (Å²) in [5.41, 5.74) is 1.07. The zero-order chi connectivity index (χ0) is 15.9. The van der Waals surface area contributed by atoms with Gasteiger partial charge in [-0.1, -0.05) is 18.2 Å². The number of carboxylic acids is 1. The molecule has 0 atom stereocenters. The second-order valence-electron chi connectivity index (χ2n) is 5.21. The highest BCUT2D eigenvalue weighted by Crippen LogP contribution is 2.37. The predicted octanol–water partition coefficient (Wildman–Crippen LogP) is 3.64. The van der Waals surface area contributed by atoms with Gasteiger partial charge >= 0.3 is 5.97 Å². The minimum Gasteiger partial charge on any atom is -0.487 e. The van der Waals surface area contributed by atoms with Gasteiger partial charge in [-0.25, -0.2) is 4.79 Å². The molecular weight excluding hydrogens is 284 g/mol. The first-order chi connectivity index (χ1) is 10.5. The Hall–Kier alpha value is -2.82. The predicted molar refractivity (Wildman–Crippen MR) is 81.5 cm³/mol. The highest BCUT2D eigenvalue weighted by atomic mass is 16.5. The van der Waals surface area contributed by atoms with Gasteiger partial charge in [-0.15, -0.1) is 0 Å². The number of carboxylic acid groups (broad SMARTS) is 1. The quantitative estimate of drug-likeness (QED) is 0.587. The van der Waals surface area contributed by atoms with Gasteiger partial charge in [0.1, 0.15) is 5.58 Å². The summed E-state index contributed by atoms with van der Waals surface area (Å²) in [6, 6.07) is 10.2. The average Bonchev–Trinajstić information content (AvgIpc) is 2.86. The van der Waals surface area contributed by atoms with Gasteiger partial charge in [-0.3, -0.25) is 4.79 Å². The number of fused-ring (bicyclic) bond motifs is 3. The number of Topliss-reactive ketones (excluding diaryl/α,β-unsaturated/α-hetero) is 1. The Balaban J connectivity index is 2.39. The Bertz CT molecular complexity index is 889. The van der Waals surface area contributed by atoms with Gasteiger partial charge < -0.3 is 14.3 Å². The summed E-state index contributed by atoms with van der Waals surface area (Å²) in [4.78, 5) is 23.0. The zero-order valence-electron chi connectivity index (χ0n) is 12.1. The summed E-state index contributed by atoms with van der Waals surface area (Å²) in [6.45, 7) is 3.76. The monoisotopic (exact) mass is 298 g/mol. The van der Waals surface area contributed by atoms with E-state index in [0.29, 0.717) is 27.7 Å². The molecular formula is C17H14O5. The van der Waals surface area contributed by atoms with Crippen LogP contribution in [0.4, 0.5) is 0 Å². The number of hydrogen-bond acceptors (Lipinski definition) is 4. The van der Waals surface area contributed by atoms with E-state index in [9.17, 15) is 9.59 Å². The fraction of sp³-hybridized carbons (Fsp3) is 0.176. The lowest BCUT2D eigenvalue weighted by Gasteiger charge is -2.10. The van der Waals surface area contributed by atoms with Crippen molar-refractivity contribution in [3.8, 4) is 5.75 Å². The van der Waals surface area contributed by atoms with Crippen LogP contribution in [0.3, 0.4) is 0 Å². The van der Waals surface area contributed by atoms with Gasteiger partial charge in [0.2, 0.25) is 0 Å². The Morgan fingerprint density at radius 3 is 2.55 bits per heavy atom. The molecule has 0 radical (unpaired) electrons. The summed E-state index contributed by atoms with van der Waals surface area (Å²) in [7, 11) is 0. The molecule has 5 nitrogen and oxygen atoms in total. The normalized spacial score (nSPS) is 11.2. The van der Waals surface area contributed by atoms with Crippen molar-refractivity contribution in [2.24, 2.45) is 0 Å². The maximum atomic E-state index is 12.0. The highest BCUT2D eigenvalue weighted by molar-refractivity contribution is 6.43. The number of ether oxygens (including phenoxy) is 1. The van der Waals surface area contributed by atoms with Crippen LogP contribution >= 0.6 is 0 Å². The lowest BCUT2D eigenvalue weighted by molar-refractivity contribution is -0.131. The molecule has 2 aromatic carbocycles. The Labute approximate surface area is 126 Å². The van der Waals surface area contributed by atoms with Crippen molar-refractivity contribution >= 4 is 33.7 Å². The van der Waals surface area contributed by atoms with Crippen LogP contribution in [0.15, 0.2) is 40.8 Å². The summed E-state index contributed by atoms with van der Waals surface area (Å²) in [5, 5.41) is 10.2. The number of para-hydroxylation sites is 1. The first-order valence-electron chi connectivity index (χ1n) is 6.87. The van der Waals surface area contributed by atoms with Gasteiger partial charge in [-0.2, -0.15) is 0 Å². The molecule has 0 aliphatic rings. The topological polar surface area (TPSA) is 76.7 Å². The van der Waals surface area contributed by atoms with Gasteiger partial charge in [0.05, 0.1) is 6.10 Å². The number of rotatable bonds is 4. The van der Waals surface area contributed by atoms with E-state index in [0.717, 1.165) is 0 Å². The molecule has 0 aliphatic heterocycles. The van der Waals surface area contributed by atoms with E-state index in [2.05, 4.69) is 0 Å². The molecule has 22 heavy (non-hydrogen) atoms. The summed E-state index contributed by atoms with van der Waals surface area (Å²) >= 11 is 0. The van der Waals surface area contributed by atoms with Crippen LogP contribution in [0.5, 0.6) is 5.75 Å². The largest absolute Gasteiger partial charge is 0.487 e. The molecule has 3 rings (SSSR count). The third kappa shape index (κ3) is 2.20. The lowest BCUT2D eigenvalue weighted by atomic mass is 10.0. The van der Waals surface area contributed by atoms with Crippen molar-refractivity contribution in [2.75, 3.05) is 0 Å². The maximum Gasteiger partial charge on any atom is 0.377 e. The highest BCUT2D eigenvalue weighted by Gasteiger charge is 2.23. The van der Waals surface area contributed by atoms with Crippen molar-refractivity contribution in [2.45, 2.75) is 20.0 Å². The van der Waals surface area contributed by atoms with Crippen LogP contribution in [0.2, 0.25) is 0 Å². The van der Waals surface area contributed by atoms with Gasteiger partial charge in [0.15, 0.2) is 11.3 Å². The zero-order valence-corrected chi connectivity index (χ0v) is 12.1. The number of aliphatic carboxylic acids is 1. The van der Waals surface area contributed by atoms with Gasteiger partial charge in [0.25, 0.3) is 5.78 Å². The number of benzene rings is 2. The van der Waals surface area contributed by atoms with Crippen molar-refractivity contribution in [1.82, 2.24) is 0 Å². The molecule has 1 aromatic heterocycles. The van der Waals surface area contributed by atoms with Crippen molar-refractivity contribution in [3.05, 3.63) is 42.0 Å². The average molecular weight is 298 g/mol. The maximum absolute atomic E-state index is 12.0. The van der Waals surface area contributed by atoms with Crippen LogP contribution in [0.1, 0.15) is 24.2 Å². The first-order valence-corrected chi connectivity index (χ1v) is 6.87. The van der Waals surface area contributed by atoms with E-state index >= 15 is 0 Å². The van der Waals surface area contributed by atoms with Crippen LogP contribution in [0, 0.1) is 0 Å². The smallest absolute Gasteiger partial charge is 0.377 e. The molecule has 0 spiro atoms. The van der Waals surface area contributed by atoms with Crippen LogP contribution in [-0.4, -0.2) is 23.0 Å². The Morgan fingerprint density at radius 1 is 1.14 bits per heavy atom. The molecule has 1 heterocycles. The second kappa shape index (κ2) is 5.18. The van der Waals surface area contributed by atoms with Crippen LogP contribution in [-0.2, 0) is 4.79 Å². The molecule has 1 N–H and O–H groups in total. The third-order valence-corrected chi connectivity index (χ3v) is 3.29. The third-order valence-electron chi connectivity index (χ3n) is 3.29. The molecule has 0 fully saturated rings. The van der Waals surface area contributed by atoms with Crippen LogP contribution < -0.4 is 4.74 Å². The number of furan rings is 1. The van der Waals surface area contributed by atoms with E-state index in [1.165, 1.54) is 6.07 Å². The molecule has 0 unspecified atom stereocenters. The van der Waals surface area contributed by atoms with Crippen LogP contribution in [0.25, 0.3) is 21.9 Å². The number of carbonyl (C=O) groups is 2. The van der Waals surface area contributed by atoms with Crippen molar-refractivity contribution in [1.29, 1.82) is 0 Å². The first kappa shape index (κ1) is 14.1. The molecule has 0 saturated heterocycles. The Morgan fingerprint density at radius 2 is 1.86 bits per heavy atom. The minimum absolute atomic E-state index is 0.0718. The SMILES string of the molecule is CC(C)Oc1ccc(C(=O)C(=O)O)c2c1oc1ccccc12. The van der Waals surface area contributed by atoms with E-state index in [4.69, 9.17) is 14.3 Å². The Kier molecular flexibility index (Phi) is 3.33. The standard InChI is InChI=1S/C17H14O5/c1-9(2)21-13-8-7-11(15(18)17(19)20)14-10-5-3-4-6-12(10)22-16(13)14/h3-9H,1-2H3,(H,19,20). The molecule has 0 amide bonds. The lowest BCUT2D eigenvalue weighted by Crippen LogP contribution is -2.13. The van der Waals surface area contributed by atoms with Gasteiger partial charge in [-0.05, 0) is 32.0 Å². The van der Waals surface area contributed by atoms with Crippen molar-refractivity contribution in [3.63, 3.8) is 0 Å². The number of carbonyl (C=O) groups excluding carboxylic acids is 1. The molecule has 5 heteroatoms. The minimum atomic E-state index is -1.50. The van der Waals surface area contributed by atoms with E-state index in [-0.39, 0.29) is 11.7 Å². The molecule has 3 aromatic rings. The molecule has 112 valence electrons. The van der Waals surface area contributed by atoms with Gasteiger partial charge in [0, 0.05) is 16.3 Å².